The Kier molecular flexibility index (Phi) is 5.23. The topological polar surface area (TPSA) is 49.8 Å². The minimum atomic E-state index is -0.217. The summed E-state index contributed by atoms with van der Waals surface area (Å²) < 4.78 is 12.9. The molecule has 0 atom stereocenters. The number of hydrogen-bond donors (Lipinski definition) is 2. The average Bonchev–Trinajstić information content (AvgIpc) is 2.56. The SMILES string of the molecule is Cc1cccc(Nc2cc(C)nc(NCCc3ccc(F)cc3)n2)c1. The lowest BCUT2D eigenvalue weighted by Crippen LogP contribution is -2.09. The van der Waals surface area contributed by atoms with Gasteiger partial charge in [-0.1, -0.05) is 24.3 Å². The van der Waals surface area contributed by atoms with Crippen molar-refractivity contribution in [3.05, 3.63) is 77.2 Å². The molecule has 4 nitrogen and oxygen atoms in total. The lowest BCUT2D eigenvalue weighted by atomic mass is 10.1. The summed E-state index contributed by atoms with van der Waals surface area (Å²) >= 11 is 0. The van der Waals surface area contributed by atoms with E-state index in [1.165, 1.54) is 17.7 Å². The Morgan fingerprint density at radius 3 is 2.52 bits per heavy atom. The van der Waals surface area contributed by atoms with Crippen molar-refractivity contribution in [2.24, 2.45) is 0 Å². The normalized spacial score (nSPS) is 10.5. The highest BCUT2D eigenvalue weighted by Gasteiger charge is 2.03. The van der Waals surface area contributed by atoms with E-state index in [1.807, 2.05) is 25.1 Å². The molecule has 0 radical (unpaired) electrons. The number of halogens is 1. The van der Waals surface area contributed by atoms with E-state index in [4.69, 9.17) is 0 Å². The maximum Gasteiger partial charge on any atom is 0.224 e. The van der Waals surface area contributed by atoms with Crippen molar-refractivity contribution in [1.29, 1.82) is 0 Å². The van der Waals surface area contributed by atoms with Gasteiger partial charge in [-0.15, -0.1) is 0 Å². The van der Waals surface area contributed by atoms with Crippen LogP contribution in [0.1, 0.15) is 16.8 Å². The molecule has 0 amide bonds. The van der Waals surface area contributed by atoms with Crippen molar-refractivity contribution in [3.8, 4) is 0 Å². The lowest BCUT2D eigenvalue weighted by Gasteiger charge is -2.10. The molecular weight excluding hydrogens is 315 g/mol. The summed E-state index contributed by atoms with van der Waals surface area (Å²) in [5, 5.41) is 6.54. The highest BCUT2D eigenvalue weighted by atomic mass is 19.1. The van der Waals surface area contributed by atoms with Gasteiger partial charge in [0.05, 0.1) is 0 Å². The molecule has 2 N–H and O–H groups in total. The molecule has 0 aliphatic carbocycles. The predicted octanol–water partition coefficient (Wildman–Crippen LogP) is 4.63. The third kappa shape index (κ3) is 5.01. The molecule has 0 saturated heterocycles. The molecule has 0 unspecified atom stereocenters. The first kappa shape index (κ1) is 16.9. The molecule has 3 aromatic rings. The smallest absolute Gasteiger partial charge is 0.224 e. The van der Waals surface area contributed by atoms with Gasteiger partial charge in [-0.3, -0.25) is 0 Å². The number of nitrogens with zero attached hydrogens (tertiary/aromatic N) is 2. The number of aromatic nitrogens is 2. The van der Waals surface area contributed by atoms with Gasteiger partial charge in [0.2, 0.25) is 5.95 Å². The molecule has 25 heavy (non-hydrogen) atoms. The van der Waals surface area contributed by atoms with Crippen LogP contribution in [-0.4, -0.2) is 16.5 Å². The molecule has 1 heterocycles. The van der Waals surface area contributed by atoms with Gasteiger partial charge in [-0.2, -0.15) is 4.98 Å². The summed E-state index contributed by atoms with van der Waals surface area (Å²) in [7, 11) is 0. The Hall–Kier alpha value is -2.95. The van der Waals surface area contributed by atoms with Crippen LogP contribution in [0.5, 0.6) is 0 Å². The molecule has 0 fully saturated rings. The fourth-order valence-corrected chi connectivity index (χ4v) is 2.55. The Bertz CT molecular complexity index is 847. The zero-order valence-corrected chi connectivity index (χ0v) is 14.4. The summed E-state index contributed by atoms with van der Waals surface area (Å²) in [6.45, 7) is 4.67. The van der Waals surface area contributed by atoms with E-state index in [2.05, 4.69) is 39.7 Å². The summed E-state index contributed by atoms with van der Waals surface area (Å²) in [6.07, 6.45) is 0.776. The Balaban J connectivity index is 1.63. The Morgan fingerprint density at radius 1 is 0.960 bits per heavy atom. The zero-order valence-electron chi connectivity index (χ0n) is 14.4. The lowest BCUT2D eigenvalue weighted by molar-refractivity contribution is 0.627. The second-order valence-electron chi connectivity index (χ2n) is 6.02. The molecule has 1 aromatic heterocycles. The van der Waals surface area contributed by atoms with E-state index in [9.17, 15) is 4.39 Å². The summed E-state index contributed by atoms with van der Waals surface area (Å²) in [6, 6.07) is 16.6. The van der Waals surface area contributed by atoms with Crippen LogP contribution in [0.3, 0.4) is 0 Å². The Labute approximate surface area is 147 Å². The van der Waals surface area contributed by atoms with Crippen molar-refractivity contribution in [3.63, 3.8) is 0 Å². The van der Waals surface area contributed by atoms with Gasteiger partial charge in [-0.25, -0.2) is 9.37 Å². The maximum atomic E-state index is 12.9. The number of aryl methyl sites for hydroxylation is 2. The standard InChI is InChI=1S/C20H21FN4/c1-14-4-3-5-18(12-14)24-19-13-15(2)23-20(25-19)22-11-10-16-6-8-17(21)9-7-16/h3-9,12-13H,10-11H2,1-2H3,(H2,22,23,24,25). The third-order valence-electron chi connectivity index (χ3n) is 3.75. The van der Waals surface area contributed by atoms with Crippen molar-refractivity contribution >= 4 is 17.5 Å². The molecule has 0 aliphatic rings. The van der Waals surface area contributed by atoms with E-state index in [0.29, 0.717) is 12.5 Å². The van der Waals surface area contributed by atoms with E-state index < -0.39 is 0 Å². The highest BCUT2D eigenvalue weighted by molar-refractivity contribution is 5.58. The van der Waals surface area contributed by atoms with Gasteiger partial charge < -0.3 is 10.6 Å². The van der Waals surface area contributed by atoms with Gasteiger partial charge in [0, 0.05) is 24.0 Å². The second kappa shape index (κ2) is 7.75. The average molecular weight is 336 g/mol. The van der Waals surface area contributed by atoms with E-state index in [0.717, 1.165) is 29.2 Å². The quantitative estimate of drug-likeness (QED) is 0.689. The molecule has 3 rings (SSSR count). The monoisotopic (exact) mass is 336 g/mol. The molecule has 0 aliphatic heterocycles. The predicted molar refractivity (Wildman–Crippen MR) is 99.8 cm³/mol. The molecule has 0 bridgehead atoms. The fraction of sp³-hybridized carbons (Fsp3) is 0.200. The van der Waals surface area contributed by atoms with Crippen molar-refractivity contribution in [2.75, 3.05) is 17.2 Å². The van der Waals surface area contributed by atoms with Crippen LogP contribution in [0.25, 0.3) is 0 Å². The van der Waals surface area contributed by atoms with Crippen LogP contribution in [0.4, 0.5) is 21.8 Å². The van der Waals surface area contributed by atoms with Gasteiger partial charge in [-0.05, 0) is 55.7 Å². The van der Waals surface area contributed by atoms with Crippen LogP contribution < -0.4 is 10.6 Å². The summed E-state index contributed by atoms with van der Waals surface area (Å²) in [5.74, 6) is 1.12. The van der Waals surface area contributed by atoms with E-state index in [-0.39, 0.29) is 5.82 Å². The highest BCUT2D eigenvalue weighted by Crippen LogP contribution is 2.17. The fourth-order valence-electron chi connectivity index (χ4n) is 2.55. The Morgan fingerprint density at radius 2 is 1.76 bits per heavy atom. The second-order valence-corrected chi connectivity index (χ2v) is 6.02. The van der Waals surface area contributed by atoms with Crippen LogP contribution >= 0.6 is 0 Å². The molecule has 5 heteroatoms. The van der Waals surface area contributed by atoms with Crippen LogP contribution in [0.15, 0.2) is 54.6 Å². The first-order valence-electron chi connectivity index (χ1n) is 8.26. The molecular formula is C20H21FN4. The maximum absolute atomic E-state index is 12.9. The van der Waals surface area contributed by atoms with Crippen LogP contribution in [-0.2, 0) is 6.42 Å². The third-order valence-corrected chi connectivity index (χ3v) is 3.75. The zero-order chi connectivity index (χ0) is 17.6. The summed E-state index contributed by atoms with van der Waals surface area (Å²) in [5.41, 5.74) is 4.14. The van der Waals surface area contributed by atoms with Crippen LogP contribution in [0, 0.1) is 19.7 Å². The minimum Gasteiger partial charge on any atom is -0.354 e. The summed E-state index contributed by atoms with van der Waals surface area (Å²) in [4.78, 5) is 8.93. The largest absolute Gasteiger partial charge is 0.354 e. The number of hydrogen-bond acceptors (Lipinski definition) is 4. The minimum absolute atomic E-state index is 0.217. The van der Waals surface area contributed by atoms with Gasteiger partial charge in [0.1, 0.15) is 11.6 Å². The van der Waals surface area contributed by atoms with Gasteiger partial charge in [0.15, 0.2) is 0 Å². The first-order valence-corrected chi connectivity index (χ1v) is 8.26. The molecule has 128 valence electrons. The van der Waals surface area contributed by atoms with Crippen molar-refractivity contribution < 1.29 is 4.39 Å². The first-order chi connectivity index (χ1) is 12.1. The molecule has 0 saturated carbocycles. The van der Waals surface area contributed by atoms with E-state index in [1.54, 1.807) is 12.1 Å². The van der Waals surface area contributed by atoms with E-state index >= 15 is 0 Å². The van der Waals surface area contributed by atoms with Gasteiger partial charge >= 0.3 is 0 Å². The number of nitrogens with one attached hydrogen (secondary N) is 2. The van der Waals surface area contributed by atoms with Crippen LogP contribution in [0.2, 0.25) is 0 Å². The number of anilines is 3. The van der Waals surface area contributed by atoms with Gasteiger partial charge in [0.25, 0.3) is 0 Å². The van der Waals surface area contributed by atoms with Crippen molar-refractivity contribution in [2.45, 2.75) is 20.3 Å². The molecule has 0 spiro atoms. The number of benzene rings is 2. The number of rotatable bonds is 6. The molecule has 2 aromatic carbocycles. The van der Waals surface area contributed by atoms with Crippen molar-refractivity contribution in [1.82, 2.24) is 9.97 Å².